The van der Waals surface area contributed by atoms with E-state index in [0.717, 1.165) is 30.9 Å². The highest BCUT2D eigenvalue weighted by atomic mass is 15.0. The summed E-state index contributed by atoms with van der Waals surface area (Å²) in [7, 11) is 0. The Morgan fingerprint density at radius 2 is 1.86 bits per heavy atom. The number of aryl methyl sites for hydroxylation is 1. The molecule has 21 heavy (non-hydrogen) atoms. The van der Waals surface area contributed by atoms with Crippen LogP contribution in [0, 0.1) is 0 Å². The van der Waals surface area contributed by atoms with Gasteiger partial charge in [-0.3, -0.25) is 0 Å². The monoisotopic (exact) mass is 279 g/mol. The standard InChI is InChI=1S/C18H21N3/c1-3-14-5-7-16(8-6-14)17-13-21-10-9-15(12-19-4-2)11-18(21)20-17/h5-11,13,19H,3-4,12H2,1-2H3. The summed E-state index contributed by atoms with van der Waals surface area (Å²) in [6.07, 6.45) is 5.24. The average molecular weight is 279 g/mol. The van der Waals surface area contributed by atoms with Gasteiger partial charge in [0.15, 0.2) is 0 Å². The number of pyridine rings is 1. The van der Waals surface area contributed by atoms with E-state index in [0.29, 0.717) is 0 Å². The first-order valence-corrected chi connectivity index (χ1v) is 7.58. The van der Waals surface area contributed by atoms with Gasteiger partial charge >= 0.3 is 0 Å². The van der Waals surface area contributed by atoms with Gasteiger partial charge in [0, 0.05) is 24.5 Å². The maximum atomic E-state index is 4.74. The molecule has 108 valence electrons. The minimum Gasteiger partial charge on any atom is -0.313 e. The van der Waals surface area contributed by atoms with Crippen molar-refractivity contribution in [3.63, 3.8) is 0 Å². The molecule has 3 rings (SSSR count). The van der Waals surface area contributed by atoms with Crippen LogP contribution in [-0.2, 0) is 13.0 Å². The van der Waals surface area contributed by atoms with E-state index in [2.05, 4.69) is 72.4 Å². The molecule has 3 aromatic rings. The van der Waals surface area contributed by atoms with E-state index in [9.17, 15) is 0 Å². The lowest BCUT2D eigenvalue weighted by Gasteiger charge is -2.01. The van der Waals surface area contributed by atoms with Gasteiger partial charge < -0.3 is 9.72 Å². The van der Waals surface area contributed by atoms with Gasteiger partial charge in [0.05, 0.1) is 5.69 Å². The topological polar surface area (TPSA) is 29.3 Å². The van der Waals surface area contributed by atoms with Crippen molar-refractivity contribution in [2.75, 3.05) is 6.54 Å². The number of nitrogens with one attached hydrogen (secondary N) is 1. The van der Waals surface area contributed by atoms with Gasteiger partial charge in [0.1, 0.15) is 5.65 Å². The van der Waals surface area contributed by atoms with Crippen LogP contribution in [0.5, 0.6) is 0 Å². The fourth-order valence-electron chi connectivity index (χ4n) is 2.45. The lowest BCUT2D eigenvalue weighted by atomic mass is 10.1. The summed E-state index contributed by atoms with van der Waals surface area (Å²) in [6, 6.07) is 12.9. The Balaban J connectivity index is 1.92. The molecule has 2 heterocycles. The highest BCUT2D eigenvalue weighted by Gasteiger charge is 2.05. The summed E-state index contributed by atoms with van der Waals surface area (Å²) in [4.78, 5) is 4.74. The zero-order valence-corrected chi connectivity index (χ0v) is 12.6. The maximum Gasteiger partial charge on any atom is 0.137 e. The van der Waals surface area contributed by atoms with Gasteiger partial charge in [0.2, 0.25) is 0 Å². The van der Waals surface area contributed by atoms with Crippen molar-refractivity contribution in [3.05, 3.63) is 59.9 Å². The fraction of sp³-hybridized carbons (Fsp3) is 0.278. The van der Waals surface area contributed by atoms with Gasteiger partial charge in [-0.15, -0.1) is 0 Å². The molecule has 0 aliphatic heterocycles. The lowest BCUT2D eigenvalue weighted by Crippen LogP contribution is -2.11. The Morgan fingerprint density at radius 1 is 1.05 bits per heavy atom. The molecule has 0 radical (unpaired) electrons. The van der Waals surface area contributed by atoms with Gasteiger partial charge in [-0.2, -0.15) is 0 Å². The molecule has 0 aliphatic rings. The number of aromatic nitrogens is 2. The summed E-state index contributed by atoms with van der Waals surface area (Å²) in [5, 5.41) is 3.34. The van der Waals surface area contributed by atoms with Gasteiger partial charge in [-0.25, -0.2) is 4.98 Å². The van der Waals surface area contributed by atoms with Gasteiger partial charge in [0.25, 0.3) is 0 Å². The number of fused-ring (bicyclic) bond motifs is 1. The molecule has 0 aliphatic carbocycles. The van der Waals surface area contributed by atoms with E-state index in [-0.39, 0.29) is 0 Å². The minimum absolute atomic E-state index is 0.889. The molecule has 0 unspecified atom stereocenters. The van der Waals surface area contributed by atoms with Crippen molar-refractivity contribution in [2.24, 2.45) is 0 Å². The summed E-state index contributed by atoms with van der Waals surface area (Å²) in [5.74, 6) is 0. The van der Waals surface area contributed by atoms with Crippen molar-refractivity contribution < 1.29 is 0 Å². The van der Waals surface area contributed by atoms with Crippen LogP contribution in [0.3, 0.4) is 0 Å². The highest BCUT2D eigenvalue weighted by molar-refractivity contribution is 5.63. The summed E-state index contributed by atoms with van der Waals surface area (Å²) in [5.41, 5.74) is 5.82. The van der Waals surface area contributed by atoms with E-state index in [1.165, 1.54) is 16.7 Å². The van der Waals surface area contributed by atoms with Crippen LogP contribution in [0.1, 0.15) is 25.0 Å². The van der Waals surface area contributed by atoms with E-state index >= 15 is 0 Å². The molecule has 3 heteroatoms. The molecule has 0 fully saturated rings. The Kier molecular flexibility index (Phi) is 4.02. The number of nitrogens with zero attached hydrogens (tertiary/aromatic N) is 2. The number of benzene rings is 1. The smallest absolute Gasteiger partial charge is 0.137 e. The number of imidazole rings is 1. The zero-order chi connectivity index (χ0) is 14.7. The van der Waals surface area contributed by atoms with E-state index in [4.69, 9.17) is 4.98 Å². The molecular formula is C18H21N3. The lowest BCUT2D eigenvalue weighted by molar-refractivity contribution is 0.726. The SMILES string of the molecule is CCNCc1ccn2cc(-c3ccc(CC)cc3)nc2c1. The molecule has 0 atom stereocenters. The second-order valence-electron chi connectivity index (χ2n) is 5.26. The highest BCUT2D eigenvalue weighted by Crippen LogP contribution is 2.20. The Hall–Kier alpha value is -2.13. The maximum absolute atomic E-state index is 4.74. The fourth-order valence-corrected chi connectivity index (χ4v) is 2.45. The van der Waals surface area contributed by atoms with E-state index in [1.54, 1.807) is 0 Å². The van der Waals surface area contributed by atoms with Gasteiger partial charge in [-0.05, 0) is 36.2 Å². The third kappa shape index (κ3) is 2.98. The van der Waals surface area contributed by atoms with Crippen LogP contribution in [0.15, 0.2) is 48.8 Å². The first kappa shape index (κ1) is 13.8. The van der Waals surface area contributed by atoms with E-state index in [1.807, 2.05) is 0 Å². The van der Waals surface area contributed by atoms with Crippen LogP contribution in [-0.4, -0.2) is 15.9 Å². The summed E-state index contributed by atoms with van der Waals surface area (Å²) < 4.78 is 2.08. The van der Waals surface area contributed by atoms with Crippen molar-refractivity contribution in [1.29, 1.82) is 0 Å². The Morgan fingerprint density at radius 3 is 2.57 bits per heavy atom. The molecule has 1 N–H and O–H groups in total. The zero-order valence-electron chi connectivity index (χ0n) is 12.6. The third-order valence-electron chi connectivity index (χ3n) is 3.76. The van der Waals surface area contributed by atoms with E-state index < -0.39 is 0 Å². The van der Waals surface area contributed by atoms with Crippen molar-refractivity contribution in [2.45, 2.75) is 26.8 Å². The number of rotatable bonds is 5. The minimum atomic E-state index is 0.889. The second-order valence-corrected chi connectivity index (χ2v) is 5.26. The molecular weight excluding hydrogens is 258 g/mol. The van der Waals surface area contributed by atoms with Crippen LogP contribution in [0.2, 0.25) is 0 Å². The third-order valence-corrected chi connectivity index (χ3v) is 3.76. The molecule has 0 saturated heterocycles. The van der Waals surface area contributed by atoms with Crippen molar-refractivity contribution in [1.82, 2.24) is 14.7 Å². The first-order chi connectivity index (χ1) is 10.3. The summed E-state index contributed by atoms with van der Waals surface area (Å²) >= 11 is 0. The number of hydrogen-bond donors (Lipinski definition) is 1. The molecule has 2 aromatic heterocycles. The molecule has 0 spiro atoms. The molecule has 1 aromatic carbocycles. The van der Waals surface area contributed by atoms with Crippen LogP contribution < -0.4 is 5.32 Å². The molecule has 0 bridgehead atoms. The quantitative estimate of drug-likeness (QED) is 0.772. The molecule has 0 amide bonds. The molecule has 0 saturated carbocycles. The normalized spacial score (nSPS) is 11.1. The van der Waals surface area contributed by atoms with Crippen LogP contribution in [0.25, 0.3) is 16.9 Å². The van der Waals surface area contributed by atoms with Crippen LogP contribution >= 0.6 is 0 Å². The van der Waals surface area contributed by atoms with Crippen LogP contribution in [0.4, 0.5) is 0 Å². The Labute approximate surface area is 125 Å². The van der Waals surface area contributed by atoms with Crippen molar-refractivity contribution >= 4 is 5.65 Å². The van der Waals surface area contributed by atoms with Crippen molar-refractivity contribution in [3.8, 4) is 11.3 Å². The largest absolute Gasteiger partial charge is 0.313 e. The second kappa shape index (κ2) is 6.10. The summed E-state index contributed by atoms with van der Waals surface area (Å²) in [6.45, 7) is 6.16. The van der Waals surface area contributed by atoms with Gasteiger partial charge in [-0.1, -0.05) is 38.1 Å². The first-order valence-electron chi connectivity index (χ1n) is 7.58. The predicted octanol–water partition coefficient (Wildman–Crippen LogP) is 3.67. The Bertz CT molecular complexity index is 726. The number of hydrogen-bond acceptors (Lipinski definition) is 2. The molecule has 3 nitrogen and oxygen atoms in total. The predicted molar refractivity (Wildman–Crippen MR) is 87.4 cm³/mol. The average Bonchev–Trinajstić information content (AvgIpc) is 2.96.